The lowest BCUT2D eigenvalue weighted by molar-refractivity contribution is 0.562. The van der Waals surface area contributed by atoms with Crippen molar-refractivity contribution in [3.63, 3.8) is 0 Å². The molecule has 0 bridgehead atoms. The third-order valence-corrected chi connectivity index (χ3v) is 3.99. The molecule has 2 rings (SSSR count). The number of anilines is 1. The van der Waals surface area contributed by atoms with Crippen LogP contribution in [0.2, 0.25) is 0 Å². The maximum atomic E-state index is 13.6. The highest BCUT2D eigenvalue weighted by molar-refractivity contribution is 5.55. The quantitative estimate of drug-likeness (QED) is 0.767. The smallest absolute Gasteiger partial charge is 0.123 e. The minimum atomic E-state index is -0.140. The summed E-state index contributed by atoms with van der Waals surface area (Å²) in [6.07, 6.45) is 3.73. The summed E-state index contributed by atoms with van der Waals surface area (Å²) in [5.74, 6) is 0.558. The van der Waals surface area contributed by atoms with Gasteiger partial charge in [-0.1, -0.05) is 27.7 Å². The van der Waals surface area contributed by atoms with Gasteiger partial charge in [-0.3, -0.25) is 0 Å². The van der Waals surface area contributed by atoms with E-state index in [0.717, 1.165) is 18.7 Å². The first kappa shape index (κ1) is 16.3. The molecule has 0 aromatic heterocycles. The van der Waals surface area contributed by atoms with Crippen LogP contribution in [0.25, 0.3) is 0 Å². The van der Waals surface area contributed by atoms with Gasteiger partial charge in [0.05, 0.1) is 0 Å². The van der Waals surface area contributed by atoms with E-state index in [1.165, 1.54) is 24.9 Å². The topological polar surface area (TPSA) is 15.3 Å². The number of nitrogens with one attached hydrogen (secondary N) is 1. The van der Waals surface area contributed by atoms with Gasteiger partial charge < -0.3 is 10.2 Å². The molecule has 1 aromatic carbocycles. The lowest BCUT2D eigenvalue weighted by Crippen LogP contribution is -2.30. The van der Waals surface area contributed by atoms with E-state index in [-0.39, 0.29) is 5.82 Å². The largest absolute Gasteiger partial charge is 0.368 e. The van der Waals surface area contributed by atoms with Crippen molar-refractivity contribution in [2.24, 2.45) is 5.92 Å². The van der Waals surface area contributed by atoms with Gasteiger partial charge >= 0.3 is 0 Å². The van der Waals surface area contributed by atoms with Crippen molar-refractivity contribution in [1.29, 1.82) is 0 Å². The minimum absolute atomic E-state index is 0.140. The Morgan fingerprint density at radius 1 is 1.24 bits per heavy atom. The Balaban J connectivity index is 2.17. The molecule has 0 amide bonds. The predicted octanol–water partition coefficient (Wildman–Crippen LogP) is 4.34. The summed E-state index contributed by atoms with van der Waals surface area (Å²) in [5.41, 5.74) is 2.30. The van der Waals surface area contributed by atoms with Gasteiger partial charge in [-0.2, -0.15) is 0 Å². The maximum Gasteiger partial charge on any atom is 0.123 e. The van der Waals surface area contributed by atoms with Crippen LogP contribution >= 0.6 is 0 Å². The number of hydrogen-bond donors (Lipinski definition) is 1. The van der Waals surface area contributed by atoms with Crippen molar-refractivity contribution < 1.29 is 4.39 Å². The van der Waals surface area contributed by atoms with E-state index in [9.17, 15) is 4.39 Å². The van der Waals surface area contributed by atoms with Gasteiger partial charge in [-0.05, 0) is 48.9 Å². The highest BCUT2D eigenvalue weighted by Crippen LogP contribution is 2.34. The zero-order valence-corrected chi connectivity index (χ0v) is 13.8. The van der Waals surface area contributed by atoms with Gasteiger partial charge in [-0.25, -0.2) is 4.39 Å². The molecule has 21 heavy (non-hydrogen) atoms. The minimum Gasteiger partial charge on any atom is -0.368 e. The second kappa shape index (κ2) is 7.26. The first-order valence-corrected chi connectivity index (χ1v) is 8.25. The standard InChI is InChI=1S/C18H29FN2/c1-13(2)9-10-21(17-6-7-17)18-8-5-16(19)11-15(18)12-20-14(3)4/h5,8,11,13-14,17,20H,6-7,9-10,12H2,1-4H3. The van der Waals surface area contributed by atoms with E-state index in [2.05, 4.69) is 37.9 Å². The lowest BCUT2D eigenvalue weighted by Gasteiger charge is -2.28. The number of benzene rings is 1. The molecule has 0 aliphatic heterocycles. The molecule has 0 unspecified atom stereocenters. The van der Waals surface area contributed by atoms with Crippen LogP contribution in [0.3, 0.4) is 0 Å². The molecule has 0 atom stereocenters. The molecular weight excluding hydrogens is 263 g/mol. The van der Waals surface area contributed by atoms with E-state index >= 15 is 0 Å². The van der Waals surface area contributed by atoms with Crippen molar-refractivity contribution in [1.82, 2.24) is 5.32 Å². The van der Waals surface area contributed by atoms with Gasteiger partial charge in [0.25, 0.3) is 0 Å². The summed E-state index contributed by atoms with van der Waals surface area (Å²) >= 11 is 0. The van der Waals surface area contributed by atoms with Crippen LogP contribution in [0, 0.1) is 11.7 Å². The Hall–Kier alpha value is -1.09. The van der Waals surface area contributed by atoms with Crippen molar-refractivity contribution in [3.8, 4) is 0 Å². The molecule has 118 valence electrons. The Morgan fingerprint density at radius 3 is 2.52 bits per heavy atom. The Labute approximate surface area is 128 Å². The molecule has 1 N–H and O–H groups in total. The first-order chi connectivity index (χ1) is 9.97. The third kappa shape index (κ3) is 4.99. The number of rotatable bonds is 8. The molecule has 0 heterocycles. The van der Waals surface area contributed by atoms with Crippen LogP contribution in [-0.4, -0.2) is 18.6 Å². The molecule has 1 saturated carbocycles. The summed E-state index contributed by atoms with van der Waals surface area (Å²) in [6, 6.07) is 6.32. The van der Waals surface area contributed by atoms with E-state index in [0.29, 0.717) is 18.0 Å². The highest BCUT2D eigenvalue weighted by Gasteiger charge is 2.30. The summed E-state index contributed by atoms with van der Waals surface area (Å²) in [7, 11) is 0. The molecular formula is C18H29FN2. The van der Waals surface area contributed by atoms with Gasteiger partial charge in [0, 0.05) is 30.9 Å². The van der Waals surface area contributed by atoms with Crippen LogP contribution in [0.4, 0.5) is 10.1 Å². The molecule has 0 radical (unpaired) electrons. The van der Waals surface area contributed by atoms with Crippen molar-refractivity contribution in [3.05, 3.63) is 29.6 Å². The average Bonchev–Trinajstić information content (AvgIpc) is 3.22. The summed E-state index contributed by atoms with van der Waals surface area (Å²) < 4.78 is 13.6. The summed E-state index contributed by atoms with van der Waals surface area (Å²) in [4.78, 5) is 2.50. The van der Waals surface area contributed by atoms with E-state index in [1.54, 1.807) is 12.1 Å². The van der Waals surface area contributed by atoms with Gasteiger partial charge in [0.1, 0.15) is 5.82 Å². The Morgan fingerprint density at radius 2 is 1.95 bits per heavy atom. The van der Waals surface area contributed by atoms with Gasteiger partial charge in [0.15, 0.2) is 0 Å². The van der Waals surface area contributed by atoms with Crippen LogP contribution in [0.15, 0.2) is 18.2 Å². The third-order valence-electron chi connectivity index (χ3n) is 3.99. The fourth-order valence-electron chi connectivity index (χ4n) is 2.57. The van der Waals surface area contributed by atoms with Gasteiger partial charge in [-0.15, -0.1) is 0 Å². The number of hydrogen-bond acceptors (Lipinski definition) is 2. The van der Waals surface area contributed by atoms with Crippen molar-refractivity contribution in [2.75, 3.05) is 11.4 Å². The second-order valence-corrected chi connectivity index (χ2v) is 6.92. The van der Waals surface area contributed by atoms with Crippen molar-refractivity contribution in [2.45, 2.75) is 65.6 Å². The Bertz CT molecular complexity index is 453. The molecule has 0 spiro atoms. The van der Waals surface area contributed by atoms with Crippen molar-refractivity contribution >= 4 is 5.69 Å². The normalized spacial score (nSPS) is 15.0. The van der Waals surface area contributed by atoms with Gasteiger partial charge in [0.2, 0.25) is 0 Å². The maximum absolute atomic E-state index is 13.6. The van der Waals surface area contributed by atoms with Crippen LogP contribution in [0.5, 0.6) is 0 Å². The molecule has 1 aliphatic rings. The summed E-state index contributed by atoms with van der Waals surface area (Å²) in [6.45, 7) is 10.6. The zero-order valence-electron chi connectivity index (χ0n) is 13.8. The first-order valence-electron chi connectivity index (χ1n) is 8.25. The average molecular weight is 292 g/mol. The Kier molecular flexibility index (Phi) is 5.63. The monoisotopic (exact) mass is 292 g/mol. The van der Waals surface area contributed by atoms with E-state index in [1.807, 2.05) is 6.07 Å². The zero-order chi connectivity index (χ0) is 15.4. The molecule has 2 nitrogen and oxygen atoms in total. The van der Waals surface area contributed by atoms with Crippen LogP contribution in [0.1, 0.15) is 52.5 Å². The fourth-order valence-corrected chi connectivity index (χ4v) is 2.57. The molecule has 1 aliphatic carbocycles. The molecule has 1 aromatic rings. The number of halogens is 1. The SMILES string of the molecule is CC(C)CCN(c1ccc(F)cc1CNC(C)C)C1CC1. The predicted molar refractivity (Wildman–Crippen MR) is 88.2 cm³/mol. The molecule has 3 heteroatoms. The van der Waals surface area contributed by atoms with Crippen LogP contribution < -0.4 is 10.2 Å². The molecule has 0 saturated heterocycles. The molecule has 1 fully saturated rings. The second-order valence-electron chi connectivity index (χ2n) is 6.92. The van der Waals surface area contributed by atoms with E-state index < -0.39 is 0 Å². The van der Waals surface area contributed by atoms with Crippen LogP contribution in [-0.2, 0) is 6.54 Å². The highest BCUT2D eigenvalue weighted by atomic mass is 19.1. The fraction of sp³-hybridized carbons (Fsp3) is 0.667. The summed E-state index contributed by atoms with van der Waals surface area (Å²) in [5, 5.41) is 3.42. The number of nitrogens with zero attached hydrogens (tertiary/aromatic N) is 1. The lowest BCUT2D eigenvalue weighted by atomic mass is 10.1. The van der Waals surface area contributed by atoms with E-state index in [4.69, 9.17) is 0 Å².